The van der Waals surface area contributed by atoms with Crippen LogP contribution in [0.1, 0.15) is 39.3 Å². The summed E-state index contributed by atoms with van der Waals surface area (Å²) in [5, 5.41) is 12.3. The van der Waals surface area contributed by atoms with E-state index in [9.17, 15) is 0 Å². The first-order valence-electron chi connectivity index (χ1n) is 6.41. The maximum atomic E-state index is 9.16. The third-order valence-electron chi connectivity index (χ3n) is 2.27. The number of aliphatic hydroxyl groups is 1. The van der Waals surface area contributed by atoms with E-state index in [1.165, 1.54) is 0 Å². The fourth-order valence-electron chi connectivity index (χ4n) is 1.52. The van der Waals surface area contributed by atoms with Crippen molar-refractivity contribution in [3.05, 3.63) is 11.8 Å². The van der Waals surface area contributed by atoms with E-state index in [4.69, 9.17) is 9.84 Å². The van der Waals surface area contributed by atoms with Crippen molar-refractivity contribution in [2.45, 2.75) is 52.7 Å². The largest absolute Gasteiger partial charge is 0.475 e. The Morgan fingerprint density at radius 2 is 2.06 bits per heavy atom. The topological polar surface area (TPSA) is 67.3 Å². The molecule has 5 nitrogen and oxygen atoms in total. The number of hydrogen-bond acceptors (Lipinski definition) is 5. The van der Waals surface area contributed by atoms with Crippen LogP contribution in [-0.4, -0.2) is 33.8 Å². The summed E-state index contributed by atoms with van der Waals surface area (Å²) >= 11 is 0. The monoisotopic (exact) mass is 253 g/mol. The van der Waals surface area contributed by atoms with Gasteiger partial charge in [-0.2, -0.15) is 4.98 Å². The summed E-state index contributed by atoms with van der Waals surface area (Å²) in [5.41, 5.74) is 0.874. The molecule has 0 bridgehead atoms. The molecule has 1 unspecified atom stereocenters. The zero-order valence-electron chi connectivity index (χ0n) is 11.6. The van der Waals surface area contributed by atoms with E-state index in [2.05, 4.69) is 15.3 Å². The molecule has 1 rings (SSSR count). The second-order valence-corrected chi connectivity index (χ2v) is 4.76. The van der Waals surface area contributed by atoms with E-state index in [0.717, 1.165) is 25.1 Å². The van der Waals surface area contributed by atoms with Crippen LogP contribution in [0.2, 0.25) is 0 Å². The summed E-state index contributed by atoms with van der Waals surface area (Å²) in [4.78, 5) is 8.58. The van der Waals surface area contributed by atoms with Crippen LogP contribution in [0, 0.1) is 6.92 Å². The third kappa shape index (κ3) is 5.82. The molecule has 1 heterocycles. The molecule has 18 heavy (non-hydrogen) atoms. The molecule has 0 aliphatic rings. The molecule has 1 aromatic rings. The highest BCUT2D eigenvalue weighted by Crippen LogP contribution is 2.13. The molecule has 1 atom stereocenters. The van der Waals surface area contributed by atoms with Crippen LogP contribution in [-0.2, 0) is 0 Å². The number of aliphatic hydroxyl groups excluding tert-OH is 1. The van der Waals surface area contributed by atoms with Gasteiger partial charge in [-0.25, -0.2) is 4.98 Å². The molecule has 0 saturated carbocycles. The molecule has 5 heteroatoms. The molecule has 0 aromatic carbocycles. The van der Waals surface area contributed by atoms with Crippen LogP contribution in [0.4, 0.5) is 5.95 Å². The van der Waals surface area contributed by atoms with Gasteiger partial charge in [0, 0.05) is 18.3 Å². The van der Waals surface area contributed by atoms with Crippen LogP contribution < -0.4 is 10.1 Å². The molecule has 0 spiro atoms. The minimum absolute atomic E-state index is 0.0994. The van der Waals surface area contributed by atoms with Crippen LogP contribution in [0.5, 0.6) is 5.88 Å². The first-order valence-corrected chi connectivity index (χ1v) is 6.41. The molecular weight excluding hydrogens is 230 g/mol. The summed E-state index contributed by atoms with van der Waals surface area (Å²) in [7, 11) is 0. The predicted molar refractivity (Wildman–Crippen MR) is 71.9 cm³/mol. The fraction of sp³-hybridized carbons (Fsp3) is 0.692. The van der Waals surface area contributed by atoms with Crippen LogP contribution in [0.15, 0.2) is 6.07 Å². The van der Waals surface area contributed by atoms with E-state index in [0.29, 0.717) is 11.8 Å². The molecule has 0 fully saturated rings. The zero-order chi connectivity index (χ0) is 13.5. The van der Waals surface area contributed by atoms with Crippen molar-refractivity contribution in [2.24, 2.45) is 0 Å². The van der Waals surface area contributed by atoms with Crippen molar-refractivity contribution < 1.29 is 9.84 Å². The Morgan fingerprint density at radius 3 is 2.67 bits per heavy atom. The van der Waals surface area contributed by atoms with Gasteiger partial charge in [0.2, 0.25) is 11.8 Å². The Bertz CT molecular complexity index is 367. The first kappa shape index (κ1) is 14.7. The van der Waals surface area contributed by atoms with Gasteiger partial charge in [-0.3, -0.25) is 0 Å². The van der Waals surface area contributed by atoms with Gasteiger partial charge in [-0.05, 0) is 40.5 Å². The number of nitrogens with zero attached hydrogens (tertiary/aromatic N) is 2. The van der Waals surface area contributed by atoms with Gasteiger partial charge in [-0.15, -0.1) is 0 Å². The number of aromatic nitrogens is 2. The van der Waals surface area contributed by atoms with Gasteiger partial charge in [0.25, 0.3) is 0 Å². The summed E-state index contributed by atoms with van der Waals surface area (Å²) in [6.45, 7) is 8.38. The van der Waals surface area contributed by atoms with Gasteiger partial charge in [0.1, 0.15) is 0 Å². The predicted octanol–water partition coefficient (Wildman–Crippen LogP) is 2.15. The molecule has 102 valence electrons. The SMILES string of the molecule is Cc1cc(OC(C)C)nc(NCCCC(C)O)n1. The Hall–Kier alpha value is -1.36. The smallest absolute Gasteiger partial charge is 0.226 e. The Labute approximate surface area is 109 Å². The lowest BCUT2D eigenvalue weighted by Gasteiger charge is -2.11. The Morgan fingerprint density at radius 1 is 1.33 bits per heavy atom. The van der Waals surface area contributed by atoms with E-state index in [1.807, 2.05) is 26.8 Å². The molecule has 0 amide bonds. The summed E-state index contributed by atoms with van der Waals surface area (Å²) in [5.74, 6) is 1.17. The lowest BCUT2D eigenvalue weighted by molar-refractivity contribution is 0.183. The molecule has 0 aliphatic heterocycles. The molecule has 2 N–H and O–H groups in total. The number of rotatable bonds is 7. The van der Waals surface area contributed by atoms with Crippen LogP contribution in [0.25, 0.3) is 0 Å². The molecule has 0 saturated heterocycles. The number of nitrogens with one attached hydrogen (secondary N) is 1. The van der Waals surface area contributed by atoms with Crippen molar-refractivity contribution in [2.75, 3.05) is 11.9 Å². The zero-order valence-corrected chi connectivity index (χ0v) is 11.6. The second-order valence-electron chi connectivity index (χ2n) is 4.76. The standard InChI is InChI=1S/C13H23N3O2/c1-9(2)18-12-8-10(3)15-13(16-12)14-7-5-6-11(4)17/h8-9,11,17H,5-7H2,1-4H3,(H,14,15,16). The van der Waals surface area contributed by atoms with Crippen molar-refractivity contribution in [3.63, 3.8) is 0 Å². The second kappa shape index (κ2) is 7.16. The summed E-state index contributed by atoms with van der Waals surface area (Å²) in [6.07, 6.45) is 1.50. The Kier molecular flexibility index (Phi) is 5.85. The third-order valence-corrected chi connectivity index (χ3v) is 2.27. The maximum absolute atomic E-state index is 9.16. The average Bonchev–Trinajstić information content (AvgIpc) is 2.22. The first-order chi connectivity index (χ1) is 8.47. The lowest BCUT2D eigenvalue weighted by atomic mass is 10.2. The van der Waals surface area contributed by atoms with Gasteiger partial charge < -0.3 is 15.2 Å². The number of hydrogen-bond donors (Lipinski definition) is 2. The number of ether oxygens (including phenoxy) is 1. The van der Waals surface area contributed by atoms with E-state index in [-0.39, 0.29) is 12.2 Å². The molecule has 1 aromatic heterocycles. The normalized spacial score (nSPS) is 12.6. The minimum Gasteiger partial charge on any atom is -0.475 e. The minimum atomic E-state index is -0.259. The number of anilines is 1. The molecular formula is C13H23N3O2. The van der Waals surface area contributed by atoms with Crippen molar-refractivity contribution in [1.29, 1.82) is 0 Å². The van der Waals surface area contributed by atoms with E-state index in [1.54, 1.807) is 6.92 Å². The molecule has 0 radical (unpaired) electrons. The fourth-order valence-corrected chi connectivity index (χ4v) is 1.52. The highest BCUT2D eigenvalue weighted by molar-refractivity contribution is 5.30. The lowest BCUT2D eigenvalue weighted by Crippen LogP contribution is -2.12. The van der Waals surface area contributed by atoms with Crippen molar-refractivity contribution in [1.82, 2.24) is 9.97 Å². The number of aryl methyl sites for hydroxylation is 1. The average molecular weight is 253 g/mol. The van der Waals surface area contributed by atoms with Gasteiger partial charge in [0.05, 0.1) is 12.2 Å². The maximum Gasteiger partial charge on any atom is 0.226 e. The summed E-state index contributed by atoms with van der Waals surface area (Å²) < 4.78 is 5.55. The van der Waals surface area contributed by atoms with E-state index >= 15 is 0 Å². The Balaban J connectivity index is 2.51. The van der Waals surface area contributed by atoms with E-state index < -0.39 is 0 Å². The quantitative estimate of drug-likeness (QED) is 0.729. The van der Waals surface area contributed by atoms with Crippen LogP contribution in [0.3, 0.4) is 0 Å². The van der Waals surface area contributed by atoms with Crippen molar-refractivity contribution in [3.8, 4) is 5.88 Å². The van der Waals surface area contributed by atoms with Crippen molar-refractivity contribution >= 4 is 5.95 Å². The van der Waals surface area contributed by atoms with Gasteiger partial charge in [-0.1, -0.05) is 0 Å². The van der Waals surface area contributed by atoms with Crippen LogP contribution >= 0.6 is 0 Å². The van der Waals surface area contributed by atoms with Gasteiger partial charge in [0.15, 0.2) is 0 Å². The molecule has 0 aliphatic carbocycles. The highest BCUT2D eigenvalue weighted by Gasteiger charge is 2.04. The summed E-state index contributed by atoms with van der Waals surface area (Å²) in [6, 6.07) is 1.82. The van der Waals surface area contributed by atoms with Gasteiger partial charge >= 0.3 is 0 Å². The highest BCUT2D eigenvalue weighted by atomic mass is 16.5.